The number of benzene rings is 1. The van der Waals surface area contributed by atoms with Gasteiger partial charge in [-0.1, -0.05) is 39.3 Å². The van der Waals surface area contributed by atoms with Gasteiger partial charge in [-0.3, -0.25) is 0 Å². The largest absolute Gasteiger partial charge is 0.360 e. The number of aromatic nitrogens is 1. The van der Waals surface area contributed by atoms with Gasteiger partial charge in [0.25, 0.3) is 0 Å². The average molecular weight is 278 g/mol. The van der Waals surface area contributed by atoms with Gasteiger partial charge in [0.15, 0.2) is 0 Å². The van der Waals surface area contributed by atoms with Gasteiger partial charge in [-0.25, -0.2) is 0 Å². The van der Waals surface area contributed by atoms with Crippen LogP contribution in [-0.2, 0) is 5.33 Å². The van der Waals surface area contributed by atoms with E-state index in [1.165, 1.54) is 18.4 Å². The van der Waals surface area contributed by atoms with Crippen LogP contribution in [-0.4, -0.2) is 5.16 Å². The molecule has 0 bridgehead atoms. The first kappa shape index (κ1) is 10.1. The van der Waals surface area contributed by atoms with Gasteiger partial charge in [0.2, 0.25) is 0 Å². The van der Waals surface area contributed by atoms with Crippen LogP contribution in [0.25, 0.3) is 11.3 Å². The quantitative estimate of drug-likeness (QED) is 0.789. The van der Waals surface area contributed by atoms with Crippen molar-refractivity contribution in [2.24, 2.45) is 0 Å². The Kier molecular flexibility index (Phi) is 2.56. The maximum Gasteiger partial charge on any atom is 0.147 e. The van der Waals surface area contributed by atoms with Gasteiger partial charge in [0.05, 0.1) is 5.33 Å². The highest BCUT2D eigenvalue weighted by Gasteiger charge is 2.23. The summed E-state index contributed by atoms with van der Waals surface area (Å²) in [4.78, 5) is 0. The van der Waals surface area contributed by atoms with E-state index in [9.17, 15) is 0 Å². The molecule has 0 unspecified atom stereocenters. The van der Waals surface area contributed by atoms with Crippen molar-refractivity contribution < 1.29 is 4.52 Å². The molecular formula is C13H12BrNO. The molecule has 0 saturated heterocycles. The Morgan fingerprint density at radius 1 is 1.31 bits per heavy atom. The van der Waals surface area contributed by atoms with Gasteiger partial charge in [-0.15, -0.1) is 0 Å². The molecule has 1 fully saturated rings. The predicted octanol–water partition coefficient (Wildman–Crippen LogP) is 4.11. The zero-order valence-electron chi connectivity index (χ0n) is 8.82. The number of hydrogen-bond donors (Lipinski definition) is 0. The van der Waals surface area contributed by atoms with Crippen molar-refractivity contribution in [2.45, 2.75) is 24.1 Å². The SMILES string of the molecule is BrCc1cc(-c2cccc(C3CC3)c2)no1. The van der Waals surface area contributed by atoms with Crippen molar-refractivity contribution in [1.82, 2.24) is 5.16 Å². The molecule has 82 valence electrons. The summed E-state index contributed by atoms with van der Waals surface area (Å²) < 4.78 is 5.19. The molecule has 1 heterocycles. The molecule has 2 aromatic rings. The van der Waals surface area contributed by atoms with E-state index >= 15 is 0 Å². The van der Waals surface area contributed by atoms with E-state index in [1.807, 2.05) is 6.07 Å². The summed E-state index contributed by atoms with van der Waals surface area (Å²) in [5.41, 5.74) is 3.51. The molecule has 1 aromatic heterocycles. The second kappa shape index (κ2) is 4.06. The van der Waals surface area contributed by atoms with Gasteiger partial charge in [-0.05, 0) is 30.4 Å². The second-order valence-electron chi connectivity index (χ2n) is 4.21. The van der Waals surface area contributed by atoms with Crippen LogP contribution < -0.4 is 0 Å². The summed E-state index contributed by atoms with van der Waals surface area (Å²) in [6.07, 6.45) is 2.66. The molecule has 0 N–H and O–H groups in total. The molecule has 1 aromatic carbocycles. The summed E-state index contributed by atoms with van der Waals surface area (Å²) in [7, 11) is 0. The lowest BCUT2D eigenvalue weighted by Crippen LogP contribution is -1.82. The van der Waals surface area contributed by atoms with Crippen LogP contribution in [0.3, 0.4) is 0 Å². The normalized spacial score (nSPS) is 15.3. The van der Waals surface area contributed by atoms with Crippen LogP contribution in [0, 0.1) is 0 Å². The molecule has 0 aliphatic heterocycles. The summed E-state index contributed by atoms with van der Waals surface area (Å²) in [5.74, 6) is 1.65. The molecule has 1 aliphatic rings. The highest BCUT2D eigenvalue weighted by Crippen LogP contribution is 2.41. The molecule has 3 heteroatoms. The van der Waals surface area contributed by atoms with E-state index in [2.05, 4.69) is 45.4 Å². The van der Waals surface area contributed by atoms with Gasteiger partial charge in [0, 0.05) is 11.6 Å². The molecule has 0 atom stereocenters. The lowest BCUT2D eigenvalue weighted by atomic mass is 10.1. The molecule has 0 amide bonds. The highest BCUT2D eigenvalue weighted by molar-refractivity contribution is 9.08. The molecule has 16 heavy (non-hydrogen) atoms. The summed E-state index contributed by atoms with van der Waals surface area (Å²) in [6, 6.07) is 10.6. The van der Waals surface area contributed by atoms with E-state index in [0.29, 0.717) is 5.33 Å². The molecule has 0 spiro atoms. The Bertz CT molecular complexity index is 502. The average Bonchev–Trinajstić information content (AvgIpc) is 3.07. The molecule has 0 radical (unpaired) electrons. The maximum absolute atomic E-state index is 5.19. The van der Waals surface area contributed by atoms with Crippen molar-refractivity contribution in [2.75, 3.05) is 0 Å². The van der Waals surface area contributed by atoms with Crippen LogP contribution in [0.5, 0.6) is 0 Å². The molecule has 1 aliphatic carbocycles. The topological polar surface area (TPSA) is 26.0 Å². The van der Waals surface area contributed by atoms with Crippen LogP contribution >= 0.6 is 15.9 Å². The molecule has 1 saturated carbocycles. The Morgan fingerprint density at radius 3 is 2.88 bits per heavy atom. The van der Waals surface area contributed by atoms with Crippen molar-refractivity contribution in [1.29, 1.82) is 0 Å². The van der Waals surface area contributed by atoms with E-state index in [1.54, 1.807) is 0 Å². The highest BCUT2D eigenvalue weighted by atomic mass is 79.9. The van der Waals surface area contributed by atoms with Crippen LogP contribution in [0.4, 0.5) is 0 Å². The first-order chi connectivity index (χ1) is 7.86. The van der Waals surface area contributed by atoms with Crippen molar-refractivity contribution in [3.05, 3.63) is 41.7 Å². The Labute approximate surface area is 103 Å². The molecule has 2 nitrogen and oxygen atoms in total. The smallest absolute Gasteiger partial charge is 0.147 e. The van der Waals surface area contributed by atoms with E-state index < -0.39 is 0 Å². The van der Waals surface area contributed by atoms with E-state index in [-0.39, 0.29) is 0 Å². The van der Waals surface area contributed by atoms with Crippen molar-refractivity contribution in [3.8, 4) is 11.3 Å². The number of alkyl halides is 1. The fourth-order valence-electron chi connectivity index (χ4n) is 1.88. The van der Waals surface area contributed by atoms with E-state index in [4.69, 9.17) is 4.52 Å². The lowest BCUT2D eigenvalue weighted by Gasteiger charge is -2.00. The Hall–Kier alpha value is -1.09. The zero-order chi connectivity index (χ0) is 11.0. The van der Waals surface area contributed by atoms with Crippen molar-refractivity contribution in [3.63, 3.8) is 0 Å². The van der Waals surface area contributed by atoms with Crippen LogP contribution in [0.2, 0.25) is 0 Å². The standard InChI is InChI=1S/C13H12BrNO/c14-8-12-7-13(15-16-12)11-3-1-2-10(6-11)9-4-5-9/h1-3,6-7,9H,4-5,8H2. The van der Waals surface area contributed by atoms with Gasteiger partial charge >= 0.3 is 0 Å². The third-order valence-electron chi connectivity index (χ3n) is 2.92. The van der Waals surface area contributed by atoms with Crippen LogP contribution in [0.1, 0.15) is 30.1 Å². The number of halogens is 1. The minimum atomic E-state index is 0.711. The first-order valence-corrected chi connectivity index (χ1v) is 6.61. The van der Waals surface area contributed by atoms with E-state index in [0.717, 1.165) is 22.9 Å². The second-order valence-corrected chi connectivity index (χ2v) is 4.77. The number of nitrogens with zero attached hydrogens (tertiary/aromatic N) is 1. The predicted molar refractivity (Wildman–Crippen MR) is 66.5 cm³/mol. The summed E-state index contributed by atoms with van der Waals surface area (Å²) in [5, 5.41) is 4.78. The van der Waals surface area contributed by atoms with Gasteiger partial charge < -0.3 is 4.52 Å². The van der Waals surface area contributed by atoms with Crippen LogP contribution in [0.15, 0.2) is 34.9 Å². The monoisotopic (exact) mass is 277 g/mol. The Balaban J connectivity index is 1.95. The van der Waals surface area contributed by atoms with Gasteiger partial charge in [0.1, 0.15) is 11.5 Å². The summed E-state index contributed by atoms with van der Waals surface area (Å²) in [6.45, 7) is 0. The Morgan fingerprint density at radius 2 is 2.19 bits per heavy atom. The third kappa shape index (κ3) is 1.92. The number of rotatable bonds is 3. The lowest BCUT2D eigenvalue weighted by molar-refractivity contribution is 0.398. The molecular weight excluding hydrogens is 266 g/mol. The minimum Gasteiger partial charge on any atom is -0.360 e. The van der Waals surface area contributed by atoms with Gasteiger partial charge in [-0.2, -0.15) is 0 Å². The maximum atomic E-state index is 5.19. The molecule has 3 rings (SSSR count). The third-order valence-corrected chi connectivity index (χ3v) is 3.47. The number of hydrogen-bond acceptors (Lipinski definition) is 2. The fraction of sp³-hybridized carbons (Fsp3) is 0.308. The summed E-state index contributed by atoms with van der Waals surface area (Å²) >= 11 is 3.36. The first-order valence-electron chi connectivity index (χ1n) is 5.49. The zero-order valence-corrected chi connectivity index (χ0v) is 10.4. The van der Waals surface area contributed by atoms with Crippen molar-refractivity contribution >= 4 is 15.9 Å². The minimum absolute atomic E-state index is 0.711. The fourth-order valence-corrected chi connectivity index (χ4v) is 2.14.